The number of ketones is 1. The van der Waals surface area contributed by atoms with Crippen LogP contribution >= 0.6 is 0 Å². The van der Waals surface area contributed by atoms with Crippen LogP contribution in [0, 0.1) is 6.92 Å². The van der Waals surface area contributed by atoms with Crippen molar-refractivity contribution in [2.24, 2.45) is 0 Å². The van der Waals surface area contributed by atoms with Crippen LogP contribution in [0.15, 0.2) is 42.5 Å². The number of aryl methyl sites for hydroxylation is 1. The van der Waals surface area contributed by atoms with Gasteiger partial charge < -0.3 is 5.11 Å². The van der Waals surface area contributed by atoms with Crippen LogP contribution in [-0.4, -0.2) is 29.3 Å². The predicted octanol–water partition coefficient (Wildman–Crippen LogP) is 2.78. The highest BCUT2D eigenvalue weighted by Crippen LogP contribution is 2.30. The average molecular weight is 321 g/mol. The van der Waals surface area contributed by atoms with Gasteiger partial charge in [0.15, 0.2) is 0 Å². The molecular formula is C19H15NO4. The third-order valence-corrected chi connectivity index (χ3v) is 3.83. The summed E-state index contributed by atoms with van der Waals surface area (Å²) in [5, 5.41) is 8.87. The number of nitrogens with zero attached hydrogens (tertiary/aromatic N) is 1. The molecule has 0 spiro atoms. The van der Waals surface area contributed by atoms with E-state index in [1.54, 1.807) is 18.2 Å². The second kappa shape index (κ2) is 6.12. The maximum Gasteiger partial charge on any atom is 0.323 e. The summed E-state index contributed by atoms with van der Waals surface area (Å²) in [5.41, 5.74) is 3.56. The monoisotopic (exact) mass is 321 g/mol. The first kappa shape index (κ1) is 15.7. The summed E-state index contributed by atoms with van der Waals surface area (Å²) in [6.07, 6.45) is 3.76. The Morgan fingerprint density at radius 3 is 2.33 bits per heavy atom. The molecule has 0 atom stereocenters. The van der Waals surface area contributed by atoms with E-state index in [-0.39, 0.29) is 5.56 Å². The molecule has 120 valence electrons. The topological polar surface area (TPSA) is 74.7 Å². The molecule has 0 fully saturated rings. The fraction of sp³-hybridized carbons (Fsp3) is 0.105. The standard InChI is InChI=1S/C19H15NO4/c1-12-2-4-13(5-3-12)6-7-14-8-9-16-15(10-14)18(23)19(24)20(16)11-17(21)22/h2-10H,11H2,1H3,(H,21,22)/b7-6+. The lowest BCUT2D eigenvalue weighted by Crippen LogP contribution is -2.34. The third kappa shape index (κ3) is 2.96. The minimum Gasteiger partial charge on any atom is -0.480 e. The van der Waals surface area contributed by atoms with Gasteiger partial charge in [0.05, 0.1) is 11.3 Å². The number of carbonyl (C=O) groups is 3. The number of benzene rings is 2. The van der Waals surface area contributed by atoms with Crippen LogP contribution < -0.4 is 4.90 Å². The van der Waals surface area contributed by atoms with Gasteiger partial charge >= 0.3 is 5.97 Å². The van der Waals surface area contributed by atoms with E-state index in [9.17, 15) is 14.4 Å². The Labute approximate surface area is 138 Å². The SMILES string of the molecule is Cc1ccc(/C=C/c2ccc3c(c2)C(=O)C(=O)N3CC(=O)O)cc1. The van der Waals surface area contributed by atoms with Crippen molar-refractivity contribution in [1.82, 2.24) is 0 Å². The van der Waals surface area contributed by atoms with Gasteiger partial charge in [-0.2, -0.15) is 0 Å². The molecular weight excluding hydrogens is 306 g/mol. The molecule has 1 N–H and O–H groups in total. The number of hydrogen-bond acceptors (Lipinski definition) is 3. The molecule has 1 amide bonds. The molecule has 1 heterocycles. The first-order valence-corrected chi connectivity index (χ1v) is 7.42. The summed E-state index contributed by atoms with van der Waals surface area (Å²) in [6.45, 7) is 1.50. The number of hydrogen-bond donors (Lipinski definition) is 1. The van der Waals surface area contributed by atoms with Crippen molar-refractivity contribution in [1.29, 1.82) is 0 Å². The molecule has 2 aromatic carbocycles. The summed E-state index contributed by atoms with van der Waals surface area (Å²) in [7, 11) is 0. The van der Waals surface area contributed by atoms with E-state index in [1.807, 2.05) is 43.3 Å². The van der Waals surface area contributed by atoms with E-state index in [4.69, 9.17) is 5.11 Å². The second-order valence-electron chi connectivity index (χ2n) is 5.63. The molecule has 0 aromatic heterocycles. The van der Waals surface area contributed by atoms with Crippen LogP contribution in [0.1, 0.15) is 27.0 Å². The zero-order valence-electron chi connectivity index (χ0n) is 13.0. The van der Waals surface area contributed by atoms with Crippen molar-refractivity contribution in [2.45, 2.75) is 6.92 Å². The first-order chi connectivity index (χ1) is 11.5. The maximum absolute atomic E-state index is 12.0. The Hall–Kier alpha value is -3.21. The van der Waals surface area contributed by atoms with Crippen LogP contribution in [0.4, 0.5) is 5.69 Å². The number of aliphatic carboxylic acids is 1. The van der Waals surface area contributed by atoms with E-state index in [0.717, 1.165) is 16.0 Å². The largest absolute Gasteiger partial charge is 0.480 e. The summed E-state index contributed by atoms with van der Waals surface area (Å²) < 4.78 is 0. The molecule has 0 bridgehead atoms. The normalized spacial score (nSPS) is 13.6. The van der Waals surface area contributed by atoms with Crippen LogP contribution in [0.3, 0.4) is 0 Å². The van der Waals surface area contributed by atoms with Crippen molar-refractivity contribution < 1.29 is 19.5 Å². The van der Waals surface area contributed by atoms with Crippen molar-refractivity contribution >= 4 is 35.5 Å². The molecule has 24 heavy (non-hydrogen) atoms. The van der Waals surface area contributed by atoms with Gasteiger partial charge in [0.1, 0.15) is 6.54 Å². The Kier molecular flexibility index (Phi) is 4.00. The second-order valence-corrected chi connectivity index (χ2v) is 5.63. The molecule has 1 aliphatic rings. The van der Waals surface area contributed by atoms with Gasteiger partial charge in [-0.15, -0.1) is 0 Å². The van der Waals surface area contributed by atoms with Crippen LogP contribution in [-0.2, 0) is 9.59 Å². The van der Waals surface area contributed by atoms with Gasteiger partial charge in [-0.3, -0.25) is 19.3 Å². The minimum atomic E-state index is -1.16. The fourth-order valence-electron chi connectivity index (χ4n) is 2.58. The van der Waals surface area contributed by atoms with Gasteiger partial charge in [-0.1, -0.05) is 48.0 Å². The molecule has 0 radical (unpaired) electrons. The number of rotatable bonds is 4. The third-order valence-electron chi connectivity index (χ3n) is 3.83. The van der Waals surface area contributed by atoms with E-state index >= 15 is 0 Å². The zero-order chi connectivity index (χ0) is 17.3. The van der Waals surface area contributed by atoms with E-state index in [2.05, 4.69) is 0 Å². The molecule has 0 saturated carbocycles. The summed E-state index contributed by atoms with van der Waals surface area (Å²) in [5.74, 6) is -2.63. The predicted molar refractivity (Wildman–Crippen MR) is 90.9 cm³/mol. The lowest BCUT2D eigenvalue weighted by atomic mass is 10.1. The molecule has 1 aliphatic heterocycles. The van der Waals surface area contributed by atoms with Gasteiger partial charge in [-0.05, 0) is 30.2 Å². The Morgan fingerprint density at radius 1 is 1.04 bits per heavy atom. The Morgan fingerprint density at radius 2 is 1.67 bits per heavy atom. The summed E-state index contributed by atoms with van der Waals surface area (Å²) >= 11 is 0. The highest BCUT2D eigenvalue weighted by molar-refractivity contribution is 6.52. The number of Topliss-reactive ketones (excluding diaryl/α,β-unsaturated/α-hetero) is 1. The fourth-order valence-corrected chi connectivity index (χ4v) is 2.58. The Bertz CT molecular complexity index is 865. The van der Waals surface area contributed by atoms with Gasteiger partial charge in [-0.25, -0.2) is 0 Å². The lowest BCUT2D eigenvalue weighted by Gasteiger charge is -2.13. The highest BCUT2D eigenvalue weighted by atomic mass is 16.4. The number of carbonyl (C=O) groups excluding carboxylic acids is 2. The molecule has 5 nitrogen and oxygen atoms in total. The maximum atomic E-state index is 12.0. The molecule has 5 heteroatoms. The molecule has 0 aliphatic carbocycles. The van der Waals surface area contributed by atoms with Crippen LogP contribution in [0.25, 0.3) is 12.2 Å². The summed E-state index contributed by atoms with van der Waals surface area (Å²) in [6, 6.07) is 13.0. The summed E-state index contributed by atoms with van der Waals surface area (Å²) in [4.78, 5) is 35.8. The van der Waals surface area contributed by atoms with E-state index in [1.165, 1.54) is 5.56 Å². The lowest BCUT2D eigenvalue weighted by molar-refractivity contribution is -0.136. The van der Waals surface area contributed by atoms with Crippen molar-refractivity contribution in [3.8, 4) is 0 Å². The molecule has 0 saturated heterocycles. The molecule has 2 aromatic rings. The van der Waals surface area contributed by atoms with E-state index < -0.39 is 24.2 Å². The van der Waals surface area contributed by atoms with Gasteiger partial charge in [0.25, 0.3) is 11.7 Å². The molecule has 0 unspecified atom stereocenters. The first-order valence-electron chi connectivity index (χ1n) is 7.42. The van der Waals surface area contributed by atoms with Gasteiger partial charge in [0, 0.05) is 0 Å². The number of fused-ring (bicyclic) bond motifs is 1. The van der Waals surface area contributed by atoms with Crippen molar-refractivity contribution in [2.75, 3.05) is 11.4 Å². The highest BCUT2D eigenvalue weighted by Gasteiger charge is 2.36. The number of amides is 1. The number of anilines is 1. The van der Waals surface area contributed by atoms with Crippen molar-refractivity contribution in [3.63, 3.8) is 0 Å². The smallest absolute Gasteiger partial charge is 0.323 e. The minimum absolute atomic E-state index is 0.243. The molecule has 3 rings (SSSR count). The van der Waals surface area contributed by atoms with Crippen molar-refractivity contribution in [3.05, 3.63) is 64.7 Å². The quantitative estimate of drug-likeness (QED) is 0.694. The number of carboxylic acid groups (broad SMARTS) is 1. The van der Waals surface area contributed by atoms with E-state index in [0.29, 0.717) is 5.69 Å². The van der Waals surface area contributed by atoms with Crippen LogP contribution in [0.2, 0.25) is 0 Å². The van der Waals surface area contributed by atoms with Crippen LogP contribution in [0.5, 0.6) is 0 Å². The van der Waals surface area contributed by atoms with Gasteiger partial charge in [0.2, 0.25) is 0 Å². The average Bonchev–Trinajstić information content (AvgIpc) is 2.79. The Balaban J connectivity index is 1.89. The zero-order valence-corrected chi connectivity index (χ0v) is 13.0. The number of carboxylic acids is 1.